The summed E-state index contributed by atoms with van der Waals surface area (Å²) in [5.41, 5.74) is 9.93. The zero-order valence-electron chi connectivity index (χ0n) is 8.79. The molecule has 2 nitrogen and oxygen atoms in total. The van der Waals surface area contributed by atoms with Crippen LogP contribution in [0.4, 0.5) is 0 Å². The molecular formula is C12H17NO. The summed E-state index contributed by atoms with van der Waals surface area (Å²) in [5, 5.41) is 0. The first-order chi connectivity index (χ1) is 6.72. The van der Waals surface area contributed by atoms with Crippen LogP contribution in [-0.2, 0) is 11.3 Å². The summed E-state index contributed by atoms with van der Waals surface area (Å²) in [5.74, 6) is 0. The summed E-state index contributed by atoms with van der Waals surface area (Å²) < 4.78 is 5.68. The molecule has 1 aliphatic rings. The van der Waals surface area contributed by atoms with E-state index in [0.717, 1.165) is 6.42 Å². The van der Waals surface area contributed by atoms with E-state index in [1.54, 1.807) is 0 Å². The molecule has 0 spiro atoms. The SMILES string of the molecule is CCC1OCc2ccc(C)cc2C1N. The molecular weight excluding hydrogens is 174 g/mol. The summed E-state index contributed by atoms with van der Waals surface area (Å²) in [6, 6.07) is 6.46. The second-order valence-electron chi connectivity index (χ2n) is 3.99. The third kappa shape index (κ3) is 1.56. The molecule has 2 unspecified atom stereocenters. The predicted octanol–water partition coefficient (Wildman–Crippen LogP) is 2.30. The quantitative estimate of drug-likeness (QED) is 0.739. The topological polar surface area (TPSA) is 35.2 Å². The van der Waals surface area contributed by atoms with E-state index in [-0.39, 0.29) is 12.1 Å². The number of benzene rings is 1. The number of hydrogen-bond acceptors (Lipinski definition) is 2. The average Bonchev–Trinajstić information content (AvgIpc) is 2.20. The van der Waals surface area contributed by atoms with Crippen molar-refractivity contribution < 1.29 is 4.74 Å². The molecule has 1 aliphatic heterocycles. The van der Waals surface area contributed by atoms with Gasteiger partial charge in [-0.3, -0.25) is 0 Å². The third-order valence-electron chi connectivity index (χ3n) is 2.92. The minimum atomic E-state index is 0.0450. The molecule has 0 radical (unpaired) electrons. The summed E-state index contributed by atoms with van der Waals surface area (Å²) >= 11 is 0. The van der Waals surface area contributed by atoms with Gasteiger partial charge in [-0.15, -0.1) is 0 Å². The first-order valence-corrected chi connectivity index (χ1v) is 5.19. The van der Waals surface area contributed by atoms with Gasteiger partial charge in [-0.05, 0) is 24.5 Å². The number of hydrogen-bond donors (Lipinski definition) is 1. The van der Waals surface area contributed by atoms with Gasteiger partial charge in [0.25, 0.3) is 0 Å². The van der Waals surface area contributed by atoms with Gasteiger partial charge in [0.05, 0.1) is 18.8 Å². The lowest BCUT2D eigenvalue weighted by atomic mass is 9.92. The van der Waals surface area contributed by atoms with Gasteiger partial charge in [0, 0.05) is 0 Å². The number of ether oxygens (including phenoxy) is 1. The first kappa shape index (κ1) is 9.69. The highest BCUT2D eigenvalue weighted by atomic mass is 16.5. The first-order valence-electron chi connectivity index (χ1n) is 5.19. The molecule has 0 amide bonds. The lowest BCUT2D eigenvalue weighted by molar-refractivity contribution is 0.00678. The molecule has 76 valence electrons. The van der Waals surface area contributed by atoms with Gasteiger partial charge in [0.1, 0.15) is 0 Å². The largest absolute Gasteiger partial charge is 0.372 e. The molecule has 1 aromatic carbocycles. The Hall–Kier alpha value is -0.860. The fourth-order valence-electron chi connectivity index (χ4n) is 2.03. The molecule has 0 aromatic heterocycles. The molecule has 0 fully saturated rings. The van der Waals surface area contributed by atoms with Gasteiger partial charge in [-0.25, -0.2) is 0 Å². The Morgan fingerprint density at radius 2 is 2.29 bits per heavy atom. The van der Waals surface area contributed by atoms with E-state index >= 15 is 0 Å². The van der Waals surface area contributed by atoms with Crippen molar-refractivity contribution >= 4 is 0 Å². The van der Waals surface area contributed by atoms with Crippen LogP contribution in [0.25, 0.3) is 0 Å². The minimum Gasteiger partial charge on any atom is -0.372 e. The summed E-state index contributed by atoms with van der Waals surface area (Å²) in [6.07, 6.45) is 1.17. The maximum atomic E-state index is 6.14. The minimum absolute atomic E-state index is 0.0450. The van der Waals surface area contributed by atoms with Gasteiger partial charge in [-0.1, -0.05) is 30.7 Å². The van der Waals surface area contributed by atoms with E-state index in [0.29, 0.717) is 6.61 Å². The van der Waals surface area contributed by atoms with Crippen LogP contribution in [0.15, 0.2) is 18.2 Å². The average molecular weight is 191 g/mol. The lowest BCUT2D eigenvalue weighted by Crippen LogP contribution is -2.33. The molecule has 2 rings (SSSR count). The second kappa shape index (κ2) is 3.71. The zero-order chi connectivity index (χ0) is 10.1. The summed E-state index contributed by atoms with van der Waals surface area (Å²) in [7, 11) is 0. The molecule has 0 saturated carbocycles. The Bertz CT molecular complexity index is 335. The van der Waals surface area contributed by atoms with Gasteiger partial charge in [0.2, 0.25) is 0 Å². The summed E-state index contributed by atoms with van der Waals surface area (Å²) in [6.45, 7) is 4.93. The third-order valence-corrected chi connectivity index (χ3v) is 2.92. The molecule has 14 heavy (non-hydrogen) atoms. The molecule has 0 saturated heterocycles. The fourth-order valence-corrected chi connectivity index (χ4v) is 2.03. The van der Waals surface area contributed by atoms with Gasteiger partial charge >= 0.3 is 0 Å². The Morgan fingerprint density at radius 3 is 3.00 bits per heavy atom. The molecule has 2 N–H and O–H groups in total. The number of aryl methyl sites for hydroxylation is 1. The van der Waals surface area contributed by atoms with Crippen LogP contribution in [0.1, 0.15) is 36.1 Å². The van der Waals surface area contributed by atoms with Crippen molar-refractivity contribution in [2.75, 3.05) is 0 Å². The number of nitrogens with two attached hydrogens (primary N) is 1. The van der Waals surface area contributed by atoms with E-state index in [1.165, 1.54) is 16.7 Å². The Morgan fingerprint density at radius 1 is 1.50 bits per heavy atom. The van der Waals surface area contributed by atoms with Crippen molar-refractivity contribution in [3.63, 3.8) is 0 Å². The van der Waals surface area contributed by atoms with Crippen molar-refractivity contribution in [2.45, 2.75) is 39.0 Å². The van der Waals surface area contributed by atoms with E-state index in [4.69, 9.17) is 10.5 Å². The second-order valence-corrected chi connectivity index (χ2v) is 3.99. The van der Waals surface area contributed by atoms with Crippen molar-refractivity contribution in [2.24, 2.45) is 5.73 Å². The normalized spacial score (nSPS) is 25.9. The monoisotopic (exact) mass is 191 g/mol. The smallest absolute Gasteiger partial charge is 0.0769 e. The standard InChI is InChI=1S/C12H17NO/c1-3-11-12(13)10-6-8(2)4-5-9(10)7-14-11/h4-6,11-12H,3,7,13H2,1-2H3. The highest BCUT2D eigenvalue weighted by Gasteiger charge is 2.25. The van der Waals surface area contributed by atoms with Crippen LogP contribution < -0.4 is 5.73 Å². The fraction of sp³-hybridized carbons (Fsp3) is 0.500. The molecule has 0 aliphatic carbocycles. The molecule has 0 bridgehead atoms. The summed E-state index contributed by atoms with van der Waals surface area (Å²) in [4.78, 5) is 0. The van der Waals surface area contributed by atoms with Gasteiger partial charge in [-0.2, -0.15) is 0 Å². The maximum Gasteiger partial charge on any atom is 0.0769 e. The van der Waals surface area contributed by atoms with Crippen LogP contribution >= 0.6 is 0 Å². The molecule has 2 heteroatoms. The van der Waals surface area contributed by atoms with E-state index < -0.39 is 0 Å². The van der Waals surface area contributed by atoms with E-state index in [9.17, 15) is 0 Å². The molecule has 2 atom stereocenters. The van der Waals surface area contributed by atoms with Crippen LogP contribution in [-0.4, -0.2) is 6.10 Å². The van der Waals surface area contributed by atoms with E-state index in [1.807, 2.05) is 0 Å². The zero-order valence-corrected chi connectivity index (χ0v) is 8.79. The van der Waals surface area contributed by atoms with Crippen LogP contribution in [0.5, 0.6) is 0 Å². The van der Waals surface area contributed by atoms with E-state index in [2.05, 4.69) is 32.0 Å². The highest BCUT2D eigenvalue weighted by molar-refractivity contribution is 5.35. The maximum absolute atomic E-state index is 6.14. The van der Waals surface area contributed by atoms with Crippen molar-refractivity contribution in [1.29, 1.82) is 0 Å². The predicted molar refractivity (Wildman–Crippen MR) is 57.0 cm³/mol. The van der Waals surface area contributed by atoms with Crippen molar-refractivity contribution in [1.82, 2.24) is 0 Å². The number of fused-ring (bicyclic) bond motifs is 1. The molecule has 1 aromatic rings. The highest BCUT2D eigenvalue weighted by Crippen LogP contribution is 2.29. The molecule has 1 heterocycles. The van der Waals surface area contributed by atoms with Crippen LogP contribution in [0.2, 0.25) is 0 Å². The lowest BCUT2D eigenvalue weighted by Gasteiger charge is -2.30. The van der Waals surface area contributed by atoms with Crippen molar-refractivity contribution in [3.8, 4) is 0 Å². The van der Waals surface area contributed by atoms with Crippen LogP contribution in [0, 0.1) is 6.92 Å². The van der Waals surface area contributed by atoms with Crippen LogP contribution in [0.3, 0.4) is 0 Å². The Kier molecular flexibility index (Phi) is 2.57. The Balaban J connectivity index is 2.38. The number of rotatable bonds is 1. The van der Waals surface area contributed by atoms with Gasteiger partial charge in [0.15, 0.2) is 0 Å². The van der Waals surface area contributed by atoms with Crippen molar-refractivity contribution in [3.05, 3.63) is 34.9 Å². The Labute approximate surface area is 85.1 Å². The van der Waals surface area contributed by atoms with Gasteiger partial charge < -0.3 is 10.5 Å².